The lowest BCUT2D eigenvalue weighted by Gasteiger charge is -2.25. The topological polar surface area (TPSA) is 59.0 Å². The van der Waals surface area contributed by atoms with Crippen LogP contribution in [0.25, 0.3) is 0 Å². The summed E-state index contributed by atoms with van der Waals surface area (Å²) in [4.78, 5) is 0. The first-order valence-corrected chi connectivity index (χ1v) is 3.70. The largest absolute Gasteiger partial charge is 0.370 e. The third kappa shape index (κ3) is 4.77. The van der Waals surface area contributed by atoms with Crippen LogP contribution in [0.1, 0.15) is 27.7 Å². The average Bonchev–Trinajstić information content (AvgIpc) is 1.82. The maximum atomic E-state index is 8.45. The van der Waals surface area contributed by atoms with Gasteiger partial charge in [-0.1, -0.05) is 0 Å². The van der Waals surface area contributed by atoms with Gasteiger partial charge in [0.1, 0.15) is 6.04 Å². The van der Waals surface area contributed by atoms with Crippen molar-refractivity contribution >= 4 is 0 Å². The lowest BCUT2D eigenvalue weighted by Crippen LogP contribution is -2.38. The first-order valence-electron chi connectivity index (χ1n) is 3.70. The van der Waals surface area contributed by atoms with Crippen LogP contribution in [0.15, 0.2) is 0 Å². The quantitative estimate of drug-likeness (QED) is 0.649. The third-order valence-electron chi connectivity index (χ3n) is 1.19. The second-order valence-electron chi connectivity index (χ2n) is 3.59. The minimum absolute atomic E-state index is 0.208. The summed E-state index contributed by atoms with van der Waals surface area (Å²) < 4.78 is 5.44. The molecule has 11 heavy (non-hydrogen) atoms. The molecule has 0 aromatic carbocycles. The molecule has 0 saturated carbocycles. The van der Waals surface area contributed by atoms with Crippen molar-refractivity contribution in [2.24, 2.45) is 5.73 Å². The van der Waals surface area contributed by atoms with Gasteiger partial charge in [0.15, 0.2) is 0 Å². The average molecular weight is 156 g/mol. The SMILES string of the molecule is CC(OC(C)(C)C)C(N)C#N. The van der Waals surface area contributed by atoms with Gasteiger partial charge in [0, 0.05) is 0 Å². The molecule has 0 saturated heterocycles. The van der Waals surface area contributed by atoms with Crippen LogP contribution < -0.4 is 5.73 Å². The van der Waals surface area contributed by atoms with Gasteiger partial charge in [0.25, 0.3) is 0 Å². The van der Waals surface area contributed by atoms with Crippen LogP contribution in [-0.4, -0.2) is 17.7 Å². The van der Waals surface area contributed by atoms with Gasteiger partial charge in [-0.25, -0.2) is 0 Å². The van der Waals surface area contributed by atoms with Crippen LogP contribution in [0.4, 0.5) is 0 Å². The van der Waals surface area contributed by atoms with Crippen LogP contribution in [0.5, 0.6) is 0 Å². The standard InChI is InChI=1S/C8H16N2O/c1-6(7(10)5-9)11-8(2,3)4/h6-7H,10H2,1-4H3. The molecule has 0 aliphatic rings. The molecule has 0 fully saturated rings. The number of nitrogens with zero attached hydrogens (tertiary/aromatic N) is 1. The first kappa shape index (κ1) is 10.4. The van der Waals surface area contributed by atoms with Crippen molar-refractivity contribution < 1.29 is 4.74 Å². The summed E-state index contributed by atoms with van der Waals surface area (Å²) in [5.41, 5.74) is 5.21. The monoisotopic (exact) mass is 156 g/mol. The van der Waals surface area contributed by atoms with Gasteiger partial charge in [-0.2, -0.15) is 5.26 Å². The summed E-state index contributed by atoms with van der Waals surface area (Å²) in [6.07, 6.45) is -0.208. The lowest BCUT2D eigenvalue weighted by atomic mass is 10.1. The second-order valence-corrected chi connectivity index (χ2v) is 3.59. The van der Waals surface area contributed by atoms with Crippen molar-refractivity contribution in [2.75, 3.05) is 0 Å². The molecule has 0 spiro atoms. The van der Waals surface area contributed by atoms with Crippen LogP contribution in [0.3, 0.4) is 0 Å². The van der Waals surface area contributed by atoms with Gasteiger partial charge in [-0.15, -0.1) is 0 Å². The molecule has 0 aromatic rings. The van der Waals surface area contributed by atoms with Crippen LogP contribution in [-0.2, 0) is 4.74 Å². The molecule has 3 heteroatoms. The predicted molar refractivity (Wildman–Crippen MR) is 43.9 cm³/mol. The molecule has 3 nitrogen and oxygen atoms in total. The zero-order valence-corrected chi connectivity index (χ0v) is 7.59. The Kier molecular flexibility index (Phi) is 3.50. The van der Waals surface area contributed by atoms with Crippen LogP contribution >= 0.6 is 0 Å². The zero-order chi connectivity index (χ0) is 9.07. The Bertz CT molecular complexity index is 154. The zero-order valence-electron chi connectivity index (χ0n) is 7.59. The summed E-state index contributed by atoms with van der Waals surface area (Å²) >= 11 is 0. The summed E-state index contributed by atoms with van der Waals surface area (Å²) in [5, 5.41) is 8.45. The molecule has 0 radical (unpaired) electrons. The van der Waals surface area contributed by atoms with Gasteiger partial charge >= 0.3 is 0 Å². The number of ether oxygens (including phenoxy) is 1. The van der Waals surface area contributed by atoms with E-state index >= 15 is 0 Å². The van der Waals surface area contributed by atoms with Crippen molar-refractivity contribution in [1.29, 1.82) is 5.26 Å². The first-order chi connectivity index (χ1) is 4.87. The molecule has 0 rings (SSSR count). The van der Waals surface area contributed by atoms with E-state index in [-0.39, 0.29) is 11.7 Å². The number of nitriles is 1. The van der Waals surface area contributed by atoms with Gasteiger partial charge < -0.3 is 10.5 Å². The Morgan fingerprint density at radius 1 is 1.45 bits per heavy atom. The molecular formula is C8H16N2O. The Morgan fingerprint density at radius 3 is 2.18 bits per heavy atom. The fraction of sp³-hybridized carbons (Fsp3) is 0.875. The molecular weight excluding hydrogens is 140 g/mol. The summed E-state index contributed by atoms with van der Waals surface area (Å²) in [6, 6.07) is 1.41. The Hall–Kier alpha value is -0.590. The molecule has 0 bridgehead atoms. The van der Waals surface area contributed by atoms with E-state index in [4.69, 9.17) is 15.7 Å². The Morgan fingerprint density at radius 2 is 1.91 bits per heavy atom. The van der Waals surface area contributed by atoms with Crippen LogP contribution in [0.2, 0.25) is 0 Å². The van der Waals surface area contributed by atoms with Crippen molar-refractivity contribution in [3.05, 3.63) is 0 Å². The minimum atomic E-state index is -0.533. The van der Waals surface area contributed by atoms with E-state index in [9.17, 15) is 0 Å². The van der Waals surface area contributed by atoms with E-state index in [1.807, 2.05) is 26.8 Å². The second kappa shape index (κ2) is 3.70. The number of hydrogen-bond acceptors (Lipinski definition) is 3. The van der Waals surface area contributed by atoms with E-state index in [0.29, 0.717) is 0 Å². The normalized spacial score (nSPS) is 17.1. The van der Waals surface area contributed by atoms with Gasteiger partial charge in [-0.3, -0.25) is 0 Å². The highest BCUT2D eigenvalue weighted by Gasteiger charge is 2.19. The summed E-state index contributed by atoms with van der Waals surface area (Å²) in [6.45, 7) is 7.62. The van der Waals surface area contributed by atoms with E-state index in [2.05, 4.69) is 0 Å². The smallest absolute Gasteiger partial charge is 0.119 e. The maximum Gasteiger partial charge on any atom is 0.119 e. The van der Waals surface area contributed by atoms with E-state index in [0.717, 1.165) is 0 Å². The van der Waals surface area contributed by atoms with Crippen LogP contribution in [0, 0.1) is 11.3 Å². The molecule has 64 valence electrons. The highest BCUT2D eigenvalue weighted by molar-refractivity contribution is 4.91. The van der Waals surface area contributed by atoms with Gasteiger partial charge in [0.2, 0.25) is 0 Å². The van der Waals surface area contributed by atoms with E-state index in [1.165, 1.54) is 0 Å². The molecule has 2 unspecified atom stereocenters. The van der Waals surface area contributed by atoms with Gasteiger partial charge in [0.05, 0.1) is 17.8 Å². The Balaban J connectivity index is 3.90. The molecule has 0 aliphatic carbocycles. The summed E-state index contributed by atoms with van der Waals surface area (Å²) in [5.74, 6) is 0. The van der Waals surface area contributed by atoms with Crippen molar-refractivity contribution in [3.8, 4) is 6.07 Å². The molecule has 2 atom stereocenters. The highest BCUT2D eigenvalue weighted by Crippen LogP contribution is 2.11. The van der Waals surface area contributed by atoms with Crippen molar-refractivity contribution in [3.63, 3.8) is 0 Å². The van der Waals surface area contributed by atoms with E-state index in [1.54, 1.807) is 6.92 Å². The molecule has 0 aliphatic heterocycles. The molecule has 0 aromatic heterocycles. The molecule has 2 N–H and O–H groups in total. The third-order valence-corrected chi connectivity index (χ3v) is 1.19. The van der Waals surface area contributed by atoms with E-state index < -0.39 is 6.04 Å². The predicted octanol–water partition coefficient (Wildman–Crippen LogP) is 1.04. The fourth-order valence-electron chi connectivity index (χ4n) is 0.736. The Labute approximate surface area is 68.1 Å². The number of rotatable bonds is 2. The van der Waals surface area contributed by atoms with Crippen molar-refractivity contribution in [1.82, 2.24) is 0 Å². The fourth-order valence-corrected chi connectivity index (χ4v) is 0.736. The maximum absolute atomic E-state index is 8.45. The molecule has 0 amide bonds. The summed E-state index contributed by atoms with van der Waals surface area (Å²) in [7, 11) is 0. The minimum Gasteiger partial charge on any atom is -0.370 e. The lowest BCUT2D eigenvalue weighted by molar-refractivity contribution is -0.0546. The number of nitrogens with two attached hydrogens (primary N) is 1. The molecule has 0 heterocycles. The van der Waals surface area contributed by atoms with Gasteiger partial charge in [-0.05, 0) is 27.7 Å². The highest BCUT2D eigenvalue weighted by atomic mass is 16.5. The van der Waals surface area contributed by atoms with Crippen molar-refractivity contribution in [2.45, 2.75) is 45.4 Å². The number of hydrogen-bond donors (Lipinski definition) is 1.